The molecule has 0 N–H and O–H groups in total. The summed E-state index contributed by atoms with van der Waals surface area (Å²) in [4.78, 5) is 10.2. The highest BCUT2D eigenvalue weighted by Crippen LogP contribution is 2.36. The molecule has 0 saturated heterocycles. The molecule has 4 nitrogen and oxygen atoms in total. The molecule has 18 heavy (non-hydrogen) atoms. The summed E-state index contributed by atoms with van der Waals surface area (Å²) in [7, 11) is 0. The normalized spacial score (nSPS) is 10.1. The van der Waals surface area contributed by atoms with Crippen molar-refractivity contribution in [2.45, 2.75) is 0 Å². The van der Waals surface area contributed by atoms with Crippen LogP contribution in [0.3, 0.4) is 0 Å². The Morgan fingerprint density at radius 1 is 1.17 bits per heavy atom. The lowest BCUT2D eigenvalue weighted by Crippen LogP contribution is -1.94. The minimum absolute atomic E-state index is 0.0131. The van der Waals surface area contributed by atoms with Gasteiger partial charge in [-0.15, -0.1) is 0 Å². The van der Waals surface area contributed by atoms with Crippen LogP contribution >= 0.6 is 11.6 Å². The van der Waals surface area contributed by atoms with E-state index in [1.165, 1.54) is 42.5 Å². The molecule has 6 heteroatoms. The van der Waals surface area contributed by atoms with Crippen molar-refractivity contribution in [3.8, 4) is 11.5 Å². The van der Waals surface area contributed by atoms with Crippen molar-refractivity contribution in [2.75, 3.05) is 0 Å². The van der Waals surface area contributed by atoms with Crippen LogP contribution in [0, 0.1) is 15.9 Å². The number of halogens is 2. The number of hydrogen-bond acceptors (Lipinski definition) is 3. The highest BCUT2D eigenvalue weighted by atomic mass is 35.5. The molecule has 0 bridgehead atoms. The molecule has 2 rings (SSSR count). The molecule has 0 heterocycles. The molecular formula is C12H7ClFNO3. The van der Waals surface area contributed by atoms with Gasteiger partial charge >= 0.3 is 5.69 Å². The zero-order valence-electron chi connectivity index (χ0n) is 8.97. The molecule has 0 radical (unpaired) electrons. The van der Waals surface area contributed by atoms with Crippen LogP contribution in [0.2, 0.25) is 5.02 Å². The van der Waals surface area contributed by atoms with Gasteiger partial charge in [-0.2, -0.15) is 0 Å². The van der Waals surface area contributed by atoms with E-state index in [9.17, 15) is 14.5 Å². The monoisotopic (exact) mass is 267 g/mol. The van der Waals surface area contributed by atoms with Gasteiger partial charge in [0.25, 0.3) is 0 Å². The fraction of sp³-hybridized carbons (Fsp3) is 0. The number of para-hydroxylation sites is 1. The molecule has 0 aliphatic carbocycles. The molecule has 0 aromatic heterocycles. The van der Waals surface area contributed by atoms with Crippen molar-refractivity contribution in [1.82, 2.24) is 0 Å². The van der Waals surface area contributed by atoms with Crippen LogP contribution in [0.1, 0.15) is 0 Å². The van der Waals surface area contributed by atoms with Gasteiger partial charge in [-0.1, -0.05) is 17.7 Å². The molecule has 0 atom stereocenters. The molecule has 0 spiro atoms. The molecule has 2 aromatic carbocycles. The third kappa shape index (κ3) is 2.57. The van der Waals surface area contributed by atoms with Crippen LogP contribution in [-0.2, 0) is 0 Å². The topological polar surface area (TPSA) is 52.4 Å². The number of nitrogens with zero attached hydrogens (tertiary/aromatic N) is 1. The first-order chi connectivity index (χ1) is 8.58. The summed E-state index contributed by atoms with van der Waals surface area (Å²) in [6, 6.07) is 9.51. The van der Waals surface area contributed by atoms with Gasteiger partial charge in [0.15, 0.2) is 0 Å². The minimum atomic E-state index is -0.624. The third-order valence-electron chi connectivity index (χ3n) is 2.17. The Balaban J connectivity index is 2.37. The van der Waals surface area contributed by atoms with Crippen LogP contribution in [0.15, 0.2) is 42.5 Å². The van der Waals surface area contributed by atoms with E-state index in [0.717, 1.165) is 0 Å². The number of benzene rings is 2. The molecular weight excluding hydrogens is 261 g/mol. The number of hydrogen-bond donors (Lipinski definition) is 0. The zero-order valence-corrected chi connectivity index (χ0v) is 9.73. The van der Waals surface area contributed by atoms with Crippen molar-refractivity contribution in [1.29, 1.82) is 0 Å². The van der Waals surface area contributed by atoms with Gasteiger partial charge in [0.1, 0.15) is 16.6 Å². The van der Waals surface area contributed by atoms with Crippen LogP contribution < -0.4 is 4.74 Å². The molecule has 0 aliphatic rings. The van der Waals surface area contributed by atoms with Gasteiger partial charge in [0.05, 0.1) is 4.92 Å². The van der Waals surface area contributed by atoms with Crippen molar-refractivity contribution in [3.05, 3.63) is 63.4 Å². The number of nitro groups is 1. The van der Waals surface area contributed by atoms with Gasteiger partial charge in [-0.3, -0.25) is 10.1 Å². The molecule has 0 unspecified atom stereocenters. The van der Waals surface area contributed by atoms with Crippen molar-refractivity contribution >= 4 is 17.3 Å². The van der Waals surface area contributed by atoms with Crippen LogP contribution in [0.25, 0.3) is 0 Å². The summed E-state index contributed by atoms with van der Waals surface area (Å²) in [5.74, 6) is -0.108. The Kier molecular flexibility index (Phi) is 3.43. The van der Waals surface area contributed by atoms with Gasteiger partial charge in [0, 0.05) is 0 Å². The summed E-state index contributed by atoms with van der Waals surface area (Å²) in [6.07, 6.45) is 0. The van der Waals surface area contributed by atoms with Crippen molar-refractivity contribution < 1.29 is 14.1 Å². The van der Waals surface area contributed by atoms with Gasteiger partial charge < -0.3 is 4.74 Å². The third-order valence-corrected chi connectivity index (χ3v) is 2.48. The maximum absolute atomic E-state index is 12.7. The Morgan fingerprint density at radius 3 is 2.44 bits per heavy atom. The lowest BCUT2D eigenvalue weighted by atomic mass is 10.3. The largest absolute Gasteiger partial charge is 0.450 e. The molecule has 0 fully saturated rings. The highest BCUT2D eigenvalue weighted by Gasteiger charge is 2.20. The van der Waals surface area contributed by atoms with E-state index in [1.54, 1.807) is 0 Å². The second-order valence-electron chi connectivity index (χ2n) is 3.40. The highest BCUT2D eigenvalue weighted by molar-refractivity contribution is 6.32. The Labute approximate surface area is 107 Å². The summed E-state index contributed by atoms with van der Waals surface area (Å²) in [5.41, 5.74) is -0.316. The average molecular weight is 268 g/mol. The van der Waals surface area contributed by atoms with Crippen LogP contribution in [-0.4, -0.2) is 4.92 Å². The van der Waals surface area contributed by atoms with Crippen molar-refractivity contribution in [2.24, 2.45) is 0 Å². The van der Waals surface area contributed by atoms with E-state index < -0.39 is 10.7 Å². The fourth-order valence-corrected chi connectivity index (χ4v) is 1.62. The van der Waals surface area contributed by atoms with Crippen molar-refractivity contribution in [3.63, 3.8) is 0 Å². The van der Waals surface area contributed by atoms with E-state index in [-0.39, 0.29) is 16.5 Å². The standard InChI is InChI=1S/C12H7ClFNO3/c13-10-2-1-3-11(12(10)15(16)17)18-9-6-4-8(14)5-7-9/h1-7H. The summed E-state index contributed by atoms with van der Waals surface area (Å²) in [6.45, 7) is 0. The summed E-state index contributed by atoms with van der Waals surface area (Å²) in [5, 5.41) is 10.9. The zero-order chi connectivity index (χ0) is 13.1. The Hall–Kier alpha value is -2.14. The average Bonchev–Trinajstić information content (AvgIpc) is 2.32. The molecule has 92 valence electrons. The predicted octanol–water partition coefficient (Wildman–Crippen LogP) is 4.18. The predicted molar refractivity (Wildman–Crippen MR) is 64.6 cm³/mol. The first-order valence-electron chi connectivity index (χ1n) is 4.94. The molecule has 0 saturated carbocycles. The number of nitro benzene ring substituents is 1. The molecule has 0 aliphatic heterocycles. The van der Waals surface area contributed by atoms with E-state index in [4.69, 9.17) is 16.3 Å². The second kappa shape index (κ2) is 5.01. The smallest absolute Gasteiger partial charge is 0.329 e. The summed E-state index contributed by atoms with van der Waals surface area (Å²) < 4.78 is 18.0. The van der Waals surface area contributed by atoms with Crippen LogP contribution in [0.4, 0.5) is 10.1 Å². The van der Waals surface area contributed by atoms with E-state index in [0.29, 0.717) is 5.75 Å². The van der Waals surface area contributed by atoms with Crippen LogP contribution in [0.5, 0.6) is 11.5 Å². The van der Waals surface area contributed by atoms with Gasteiger partial charge in [-0.05, 0) is 36.4 Å². The first-order valence-corrected chi connectivity index (χ1v) is 5.32. The maximum Gasteiger partial charge on any atom is 0.329 e. The molecule has 0 amide bonds. The minimum Gasteiger partial charge on any atom is -0.450 e. The van der Waals surface area contributed by atoms with Gasteiger partial charge in [-0.25, -0.2) is 4.39 Å². The van der Waals surface area contributed by atoms with E-state index in [2.05, 4.69) is 0 Å². The number of ether oxygens (including phenoxy) is 1. The number of rotatable bonds is 3. The van der Waals surface area contributed by atoms with E-state index >= 15 is 0 Å². The molecule has 2 aromatic rings. The SMILES string of the molecule is O=[N+]([O-])c1c(Cl)cccc1Oc1ccc(F)cc1. The Bertz CT molecular complexity index is 586. The quantitative estimate of drug-likeness (QED) is 0.619. The summed E-state index contributed by atoms with van der Waals surface area (Å²) >= 11 is 5.73. The lowest BCUT2D eigenvalue weighted by Gasteiger charge is -2.06. The maximum atomic E-state index is 12.7. The van der Waals surface area contributed by atoms with Gasteiger partial charge in [0.2, 0.25) is 5.75 Å². The second-order valence-corrected chi connectivity index (χ2v) is 3.81. The fourth-order valence-electron chi connectivity index (χ4n) is 1.38. The van der Waals surface area contributed by atoms with E-state index in [1.807, 2.05) is 0 Å². The first kappa shape index (κ1) is 12.3. The lowest BCUT2D eigenvalue weighted by molar-refractivity contribution is -0.385. The Morgan fingerprint density at radius 2 is 1.83 bits per heavy atom.